The first-order valence-corrected chi connectivity index (χ1v) is 8.74. The van der Waals surface area contributed by atoms with E-state index in [1.165, 1.54) is 25.0 Å². The lowest BCUT2D eigenvalue weighted by Gasteiger charge is -2.08. The Hall–Kier alpha value is -1.00. The molecule has 0 aliphatic heterocycles. The topological polar surface area (TPSA) is 37.8 Å². The SMILES string of the molecule is CSCCCCCCNc1nnc(Cl)c2ccccc12. The van der Waals surface area contributed by atoms with Crippen LogP contribution in [0.4, 0.5) is 5.82 Å². The normalized spacial score (nSPS) is 10.9. The fourth-order valence-corrected chi connectivity index (χ4v) is 2.83. The molecule has 3 nitrogen and oxygen atoms in total. The number of benzene rings is 1. The Labute approximate surface area is 129 Å². The molecule has 0 saturated carbocycles. The van der Waals surface area contributed by atoms with Crippen molar-refractivity contribution < 1.29 is 0 Å². The molecule has 0 amide bonds. The van der Waals surface area contributed by atoms with E-state index in [1.807, 2.05) is 36.0 Å². The Morgan fingerprint density at radius 2 is 1.80 bits per heavy atom. The molecular formula is C15H20ClN3S. The molecule has 1 aromatic heterocycles. The summed E-state index contributed by atoms with van der Waals surface area (Å²) >= 11 is 7.98. The van der Waals surface area contributed by atoms with Crippen molar-refractivity contribution in [3.8, 4) is 0 Å². The molecule has 5 heteroatoms. The number of nitrogens with one attached hydrogen (secondary N) is 1. The Morgan fingerprint density at radius 1 is 1.05 bits per heavy atom. The van der Waals surface area contributed by atoms with E-state index in [2.05, 4.69) is 21.8 Å². The molecule has 0 atom stereocenters. The third-order valence-electron chi connectivity index (χ3n) is 3.21. The minimum absolute atomic E-state index is 0.461. The van der Waals surface area contributed by atoms with Gasteiger partial charge in [-0.15, -0.1) is 10.2 Å². The highest BCUT2D eigenvalue weighted by Crippen LogP contribution is 2.25. The molecule has 0 spiro atoms. The van der Waals surface area contributed by atoms with Crippen LogP contribution in [0.1, 0.15) is 25.7 Å². The van der Waals surface area contributed by atoms with E-state index < -0.39 is 0 Å². The minimum Gasteiger partial charge on any atom is -0.368 e. The van der Waals surface area contributed by atoms with Crippen molar-refractivity contribution in [1.82, 2.24) is 10.2 Å². The number of rotatable bonds is 8. The Morgan fingerprint density at radius 3 is 2.60 bits per heavy atom. The molecule has 0 aliphatic carbocycles. The summed E-state index contributed by atoms with van der Waals surface area (Å²) in [7, 11) is 0. The zero-order chi connectivity index (χ0) is 14.2. The number of anilines is 1. The zero-order valence-corrected chi connectivity index (χ0v) is 13.3. The lowest BCUT2D eigenvalue weighted by Crippen LogP contribution is -2.05. The third-order valence-corrected chi connectivity index (χ3v) is 4.19. The fourth-order valence-electron chi connectivity index (χ4n) is 2.13. The van der Waals surface area contributed by atoms with Crippen LogP contribution in [-0.4, -0.2) is 28.8 Å². The number of halogens is 1. The maximum atomic E-state index is 6.06. The number of hydrogen-bond acceptors (Lipinski definition) is 4. The van der Waals surface area contributed by atoms with Crippen molar-refractivity contribution in [3.05, 3.63) is 29.4 Å². The van der Waals surface area contributed by atoms with Gasteiger partial charge in [0.05, 0.1) is 0 Å². The smallest absolute Gasteiger partial charge is 0.159 e. The lowest BCUT2D eigenvalue weighted by molar-refractivity contribution is 0.688. The van der Waals surface area contributed by atoms with Gasteiger partial charge in [0.25, 0.3) is 0 Å². The van der Waals surface area contributed by atoms with Crippen molar-refractivity contribution in [2.45, 2.75) is 25.7 Å². The summed E-state index contributed by atoms with van der Waals surface area (Å²) in [5, 5.41) is 14.0. The predicted molar refractivity (Wildman–Crippen MR) is 89.9 cm³/mol. The number of thioether (sulfide) groups is 1. The van der Waals surface area contributed by atoms with Gasteiger partial charge >= 0.3 is 0 Å². The van der Waals surface area contributed by atoms with E-state index in [9.17, 15) is 0 Å². The van der Waals surface area contributed by atoms with Crippen molar-refractivity contribution in [1.29, 1.82) is 0 Å². The van der Waals surface area contributed by atoms with Crippen LogP contribution in [-0.2, 0) is 0 Å². The van der Waals surface area contributed by atoms with Crippen LogP contribution in [0.2, 0.25) is 5.15 Å². The second-order valence-electron chi connectivity index (χ2n) is 4.72. The van der Waals surface area contributed by atoms with Crippen molar-refractivity contribution in [2.24, 2.45) is 0 Å². The quantitative estimate of drug-likeness (QED) is 0.722. The maximum Gasteiger partial charge on any atom is 0.159 e. The zero-order valence-electron chi connectivity index (χ0n) is 11.7. The minimum atomic E-state index is 0.461. The van der Waals surface area contributed by atoms with Crippen molar-refractivity contribution in [2.75, 3.05) is 23.9 Å². The van der Waals surface area contributed by atoms with Gasteiger partial charge in [-0.1, -0.05) is 48.7 Å². The highest BCUT2D eigenvalue weighted by Gasteiger charge is 2.06. The third kappa shape index (κ3) is 4.25. The summed E-state index contributed by atoms with van der Waals surface area (Å²) in [5.74, 6) is 2.09. The average molecular weight is 310 g/mol. The summed E-state index contributed by atoms with van der Waals surface area (Å²) in [6.07, 6.45) is 7.19. The van der Waals surface area contributed by atoms with E-state index in [-0.39, 0.29) is 0 Å². The molecule has 0 radical (unpaired) electrons. The molecule has 0 saturated heterocycles. The van der Waals surface area contributed by atoms with Gasteiger partial charge in [-0.3, -0.25) is 0 Å². The van der Waals surface area contributed by atoms with Crippen LogP contribution in [0.25, 0.3) is 10.8 Å². The summed E-state index contributed by atoms with van der Waals surface area (Å²) in [6, 6.07) is 7.95. The molecule has 0 fully saturated rings. The molecule has 108 valence electrons. The Kier molecular flexibility index (Phi) is 6.40. The highest BCUT2D eigenvalue weighted by atomic mass is 35.5. The van der Waals surface area contributed by atoms with Gasteiger partial charge < -0.3 is 5.32 Å². The van der Waals surface area contributed by atoms with Crippen LogP contribution >= 0.6 is 23.4 Å². The molecule has 2 aromatic rings. The molecule has 1 aromatic carbocycles. The van der Waals surface area contributed by atoms with Crippen LogP contribution in [0.15, 0.2) is 24.3 Å². The first-order valence-electron chi connectivity index (χ1n) is 6.96. The van der Waals surface area contributed by atoms with E-state index in [0.717, 1.165) is 29.6 Å². The monoisotopic (exact) mass is 309 g/mol. The standard InChI is InChI=1S/C15H20ClN3S/c1-20-11-7-3-2-6-10-17-15-13-9-5-4-8-12(13)14(16)18-19-15/h4-5,8-9H,2-3,6-7,10-11H2,1H3,(H,17,19). The second-order valence-corrected chi connectivity index (χ2v) is 6.06. The fraction of sp³-hybridized carbons (Fsp3) is 0.467. The summed E-state index contributed by atoms with van der Waals surface area (Å²) in [6.45, 7) is 0.930. The van der Waals surface area contributed by atoms with E-state index >= 15 is 0 Å². The van der Waals surface area contributed by atoms with Crippen LogP contribution in [0.5, 0.6) is 0 Å². The molecule has 0 unspecified atom stereocenters. The number of fused-ring (bicyclic) bond motifs is 1. The van der Waals surface area contributed by atoms with E-state index in [1.54, 1.807) is 0 Å². The molecule has 1 N–H and O–H groups in total. The largest absolute Gasteiger partial charge is 0.368 e. The van der Waals surface area contributed by atoms with Gasteiger partial charge in [0.2, 0.25) is 0 Å². The van der Waals surface area contributed by atoms with Crippen LogP contribution < -0.4 is 5.32 Å². The maximum absolute atomic E-state index is 6.06. The number of unbranched alkanes of at least 4 members (excludes halogenated alkanes) is 3. The summed E-state index contributed by atoms with van der Waals surface area (Å²) < 4.78 is 0. The van der Waals surface area contributed by atoms with E-state index in [4.69, 9.17) is 11.6 Å². The molecule has 0 bridgehead atoms. The molecular weight excluding hydrogens is 290 g/mol. The van der Waals surface area contributed by atoms with E-state index in [0.29, 0.717) is 5.15 Å². The predicted octanol–water partition coefficient (Wildman–Crippen LogP) is 4.62. The molecule has 20 heavy (non-hydrogen) atoms. The molecule has 2 rings (SSSR count). The number of hydrogen-bond donors (Lipinski definition) is 1. The van der Waals surface area contributed by atoms with Gasteiger partial charge in [-0.05, 0) is 24.9 Å². The van der Waals surface area contributed by atoms with Gasteiger partial charge in [0.1, 0.15) is 0 Å². The first kappa shape index (κ1) is 15.4. The van der Waals surface area contributed by atoms with Gasteiger partial charge in [0.15, 0.2) is 11.0 Å². The van der Waals surface area contributed by atoms with Crippen molar-refractivity contribution >= 4 is 40.0 Å². The van der Waals surface area contributed by atoms with Gasteiger partial charge in [0, 0.05) is 17.3 Å². The highest BCUT2D eigenvalue weighted by molar-refractivity contribution is 7.98. The van der Waals surface area contributed by atoms with Crippen molar-refractivity contribution in [3.63, 3.8) is 0 Å². The van der Waals surface area contributed by atoms with Crippen LogP contribution in [0, 0.1) is 0 Å². The summed E-state index contributed by atoms with van der Waals surface area (Å²) in [4.78, 5) is 0. The second kappa shape index (κ2) is 8.32. The molecule has 1 heterocycles. The van der Waals surface area contributed by atoms with Gasteiger partial charge in [-0.25, -0.2) is 0 Å². The first-order chi connectivity index (χ1) is 9.83. The Bertz CT molecular complexity index is 548. The average Bonchev–Trinajstić information content (AvgIpc) is 2.49. The number of nitrogens with zero attached hydrogens (tertiary/aromatic N) is 2. The molecule has 0 aliphatic rings. The lowest BCUT2D eigenvalue weighted by atomic mass is 10.2. The van der Waals surface area contributed by atoms with Crippen LogP contribution in [0.3, 0.4) is 0 Å². The Balaban J connectivity index is 1.86. The van der Waals surface area contributed by atoms with Gasteiger partial charge in [-0.2, -0.15) is 11.8 Å². The summed E-state index contributed by atoms with van der Waals surface area (Å²) in [5.41, 5.74) is 0. The number of aromatic nitrogens is 2.